The molecule has 2 heterocycles. The van der Waals surface area contributed by atoms with Gasteiger partial charge in [0.15, 0.2) is 0 Å². The van der Waals surface area contributed by atoms with E-state index in [0.717, 1.165) is 29.7 Å². The highest BCUT2D eigenvalue weighted by Crippen LogP contribution is 2.25. The molecule has 0 saturated carbocycles. The van der Waals surface area contributed by atoms with Crippen LogP contribution in [0.25, 0.3) is 0 Å². The number of nitrogens with one attached hydrogen (secondary N) is 2. The summed E-state index contributed by atoms with van der Waals surface area (Å²) >= 11 is 4.50. The van der Waals surface area contributed by atoms with Crippen LogP contribution < -0.4 is 10.0 Å². The molecule has 96 valence electrons. The number of piperidine rings is 1. The summed E-state index contributed by atoms with van der Waals surface area (Å²) in [6.07, 6.45) is 2.21. The minimum Gasteiger partial charge on any atom is -0.316 e. The zero-order valence-electron chi connectivity index (χ0n) is 9.28. The largest absolute Gasteiger partial charge is 0.316 e. The predicted octanol–water partition coefficient (Wildman–Crippen LogP) is 1.79. The van der Waals surface area contributed by atoms with Crippen molar-refractivity contribution in [2.45, 2.75) is 17.1 Å². The minimum atomic E-state index is -3.33. The van der Waals surface area contributed by atoms with Gasteiger partial charge in [0.1, 0.15) is 4.21 Å². The maximum atomic E-state index is 11.9. The van der Waals surface area contributed by atoms with Gasteiger partial charge in [-0.1, -0.05) is 0 Å². The van der Waals surface area contributed by atoms with Gasteiger partial charge in [0.2, 0.25) is 10.0 Å². The molecule has 0 spiro atoms. The Hall–Kier alpha value is 0.0500. The minimum absolute atomic E-state index is 0.369. The lowest BCUT2D eigenvalue weighted by molar-refractivity contribution is 0.376. The van der Waals surface area contributed by atoms with Gasteiger partial charge < -0.3 is 5.32 Å². The molecule has 2 rings (SSSR count). The Labute approximate surface area is 114 Å². The second kappa shape index (κ2) is 5.79. The lowest BCUT2D eigenvalue weighted by atomic mass is 10.0. The fourth-order valence-corrected chi connectivity index (χ4v) is 5.01. The first-order valence-electron chi connectivity index (χ1n) is 5.53. The molecular weight excluding hydrogens is 324 g/mol. The summed E-state index contributed by atoms with van der Waals surface area (Å²) < 4.78 is 27.8. The van der Waals surface area contributed by atoms with Crippen LogP contribution in [-0.4, -0.2) is 28.1 Å². The third-order valence-electron chi connectivity index (χ3n) is 2.77. The molecule has 0 aliphatic carbocycles. The van der Waals surface area contributed by atoms with E-state index in [9.17, 15) is 8.42 Å². The molecule has 1 aliphatic rings. The monoisotopic (exact) mass is 338 g/mol. The van der Waals surface area contributed by atoms with Crippen molar-refractivity contribution in [2.24, 2.45) is 5.92 Å². The number of halogens is 1. The molecule has 0 radical (unpaired) electrons. The van der Waals surface area contributed by atoms with Crippen molar-refractivity contribution >= 4 is 37.3 Å². The first kappa shape index (κ1) is 13.5. The van der Waals surface area contributed by atoms with E-state index < -0.39 is 10.0 Å². The Bertz CT molecular complexity index is 466. The number of thiophene rings is 1. The highest BCUT2D eigenvalue weighted by molar-refractivity contribution is 9.11. The lowest BCUT2D eigenvalue weighted by Gasteiger charge is -2.22. The molecule has 1 fully saturated rings. The van der Waals surface area contributed by atoms with Crippen molar-refractivity contribution in [2.75, 3.05) is 19.6 Å². The Morgan fingerprint density at radius 3 is 2.94 bits per heavy atom. The standard InChI is InChI=1S/C10H15BrN2O2S2/c11-9-3-4-10(16-9)17(14,15)13-7-8-2-1-5-12-6-8/h3-4,8,12-13H,1-2,5-7H2. The molecule has 7 heteroatoms. The second-order valence-electron chi connectivity index (χ2n) is 4.12. The Morgan fingerprint density at radius 2 is 2.35 bits per heavy atom. The number of rotatable bonds is 4. The first-order chi connectivity index (χ1) is 8.08. The molecule has 1 unspecified atom stereocenters. The molecule has 4 nitrogen and oxygen atoms in total. The number of hydrogen-bond donors (Lipinski definition) is 2. The van der Waals surface area contributed by atoms with E-state index in [0.29, 0.717) is 16.7 Å². The van der Waals surface area contributed by atoms with E-state index in [4.69, 9.17) is 0 Å². The van der Waals surface area contributed by atoms with E-state index in [-0.39, 0.29) is 0 Å². The SMILES string of the molecule is O=S(=O)(NCC1CCCNC1)c1ccc(Br)s1. The van der Waals surface area contributed by atoms with Gasteiger partial charge in [0, 0.05) is 6.54 Å². The third-order valence-corrected chi connectivity index (χ3v) is 6.31. The summed E-state index contributed by atoms with van der Waals surface area (Å²) in [5.74, 6) is 0.405. The fourth-order valence-electron chi connectivity index (χ4n) is 1.84. The average Bonchev–Trinajstić information content (AvgIpc) is 2.76. The zero-order chi connectivity index (χ0) is 12.3. The number of sulfonamides is 1. The normalized spacial score (nSPS) is 21.6. The summed E-state index contributed by atoms with van der Waals surface area (Å²) in [4.78, 5) is 0. The molecule has 1 saturated heterocycles. The van der Waals surface area contributed by atoms with Crippen molar-refractivity contribution in [3.05, 3.63) is 15.9 Å². The first-order valence-corrected chi connectivity index (χ1v) is 8.63. The van der Waals surface area contributed by atoms with Gasteiger partial charge in [-0.25, -0.2) is 13.1 Å². The fraction of sp³-hybridized carbons (Fsp3) is 0.600. The van der Waals surface area contributed by atoms with E-state index in [1.807, 2.05) is 0 Å². The molecule has 17 heavy (non-hydrogen) atoms. The summed E-state index contributed by atoms with van der Waals surface area (Å²) in [6.45, 7) is 2.46. The summed E-state index contributed by atoms with van der Waals surface area (Å²) in [5.41, 5.74) is 0. The van der Waals surface area contributed by atoms with E-state index in [2.05, 4.69) is 26.0 Å². The van der Waals surface area contributed by atoms with Gasteiger partial charge in [-0.2, -0.15) is 0 Å². The van der Waals surface area contributed by atoms with Crippen LogP contribution in [-0.2, 0) is 10.0 Å². The number of hydrogen-bond acceptors (Lipinski definition) is 4. The van der Waals surface area contributed by atoms with E-state index >= 15 is 0 Å². The van der Waals surface area contributed by atoms with Gasteiger partial charge in [-0.05, 0) is 59.9 Å². The molecule has 1 aromatic heterocycles. The van der Waals surface area contributed by atoms with Crippen LogP contribution in [0.2, 0.25) is 0 Å². The Kier molecular flexibility index (Phi) is 4.59. The van der Waals surface area contributed by atoms with Crippen LogP contribution in [0.5, 0.6) is 0 Å². The zero-order valence-corrected chi connectivity index (χ0v) is 12.5. The van der Waals surface area contributed by atoms with Gasteiger partial charge in [-0.15, -0.1) is 11.3 Å². The maximum absolute atomic E-state index is 11.9. The Morgan fingerprint density at radius 1 is 1.53 bits per heavy atom. The average molecular weight is 339 g/mol. The lowest BCUT2D eigenvalue weighted by Crippen LogP contribution is -2.37. The Balaban J connectivity index is 1.93. The highest BCUT2D eigenvalue weighted by Gasteiger charge is 2.19. The van der Waals surface area contributed by atoms with Crippen molar-refractivity contribution < 1.29 is 8.42 Å². The smallest absolute Gasteiger partial charge is 0.250 e. The quantitative estimate of drug-likeness (QED) is 0.879. The molecule has 0 amide bonds. The third kappa shape index (κ3) is 3.75. The van der Waals surface area contributed by atoms with Crippen molar-refractivity contribution in [1.82, 2.24) is 10.0 Å². The second-order valence-corrected chi connectivity index (χ2v) is 8.58. The van der Waals surface area contributed by atoms with Gasteiger partial charge in [0.05, 0.1) is 3.79 Å². The van der Waals surface area contributed by atoms with Crippen molar-refractivity contribution in [3.63, 3.8) is 0 Å². The van der Waals surface area contributed by atoms with Crippen molar-refractivity contribution in [3.8, 4) is 0 Å². The summed E-state index contributed by atoms with van der Waals surface area (Å²) in [7, 11) is -3.33. The molecule has 1 aromatic rings. The molecular formula is C10H15BrN2O2S2. The van der Waals surface area contributed by atoms with E-state index in [1.54, 1.807) is 12.1 Å². The van der Waals surface area contributed by atoms with Crippen LogP contribution in [0, 0.1) is 5.92 Å². The topological polar surface area (TPSA) is 58.2 Å². The van der Waals surface area contributed by atoms with Gasteiger partial charge in [0.25, 0.3) is 0 Å². The summed E-state index contributed by atoms with van der Waals surface area (Å²) in [5, 5.41) is 3.28. The van der Waals surface area contributed by atoms with Crippen LogP contribution in [0.4, 0.5) is 0 Å². The van der Waals surface area contributed by atoms with Crippen LogP contribution >= 0.6 is 27.3 Å². The van der Waals surface area contributed by atoms with Gasteiger partial charge in [-0.3, -0.25) is 0 Å². The summed E-state index contributed by atoms with van der Waals surface area (Å²) in [6, 6.07) is 3.37. The van der Waals surface area contributed by atoms with Crippen LogP contribution in [0.15, 0.2) is 20.1 Å². The molecule has 1 aliphatic heterocycles. The van der Waals surface area contributed by atoms with Crippen molar-refractivity contribution in [1.29, 1.82) is 0 Å². The van der Waals surface area contributed by atoms with Crippen LogP contribution in [0.1, 0.15) is 12.8 Å². The van der Waals surface area contributed by atoms with E-state index in [1.165, 1.54) is 11.3 Å². The molecule has 2 N–H and O–H groups in total. The van der Waals surface area contributed by atoms with Gasteiger partial charge >= 0.3 is 0 Å². The molecule has 0 aromatic carbocycles. The van der Waals surface area contributed by atoms with Crippen LogP contribution in [0.3, 0.4) is 0 Å². The molecule has 1 atom stereocenters. The predicted molar refractivity (Wildman–Crippen MR) is 72.8 cm³/mol. The maximum Gasteiger partial charge on any atom is 0.250 e. The highest BCUT2D eigenvalue weighted by atomic mass is 79.9. The molecule has 0 bridgehead atoms.